The molecule has 2 rings (SSSR count). The lowest BCUT2D eigenvalue weighted by atomic mass is 10.3. The van der Waals surface area contributed by atoms with E-state index in [2.05, 4.69) is 15.6 Å². The van der Waals surface area contributed by atoms with Gasteiger partial charge in [0.25, 0.3) is 5.56 Å². The van der Waals surface area contributed by atoms with E-state index in [9.17, 15) is 14.4 Å². The highest BCUT2D eigenvalue weighted by Crippen LogP contribution is 2.27. The van der Waals surface area contributed by atoms with Gasteiger partial charge < -0.3 is 10.1 Å². The number of aryl methyl sites for hydroxylation is 1. The van der Waals surface area contributed by atoms with Gasteiger partial charge in [-0.3, -0.25) is 19.5 Å². The zero-order chi connectivity index (χ0) is 20.0. The molecule has 10 heteroatoms. The van der Waals surface area contributed by atoms with Gasteiger partial charge in [0.1, 0.15) is 4.83 Å². The van der Waals surface area contributed by atoms with Crippen molar-refractivity contribution in [2.24, 2.45) is 0 Å². The number of rotatable bonds is 8. The van der Waals surface area contributed by atoms with Crippen molar-refractivity contribution in [1.82, 2.24) is 20.2 Å². The summed E-state index contributed by atoms with van der Waals surface area (Å²) in [6, 6.07) is 1.32. The van der Waals surface area contributed by atoms with Crippen molar-refractivity contribution in [1.29, 1.82) is 0 Å². The SMILES string of the molecule is CCc1cc2c(=O)n(CCCOC)c(S[C@@H](C)C(=O)NC(=O)NC)nc2s1. The van der Waals surface area contributed by atoms with E-state index in [1.165, 1.54) is 18.4 Å². The number of aromatic nitrogens is 2. The minimum atomic E-state index is -0.592. The summed E-state index contributed by atoms with van der Waals surface area (Å²) in [6.45, 7) is 4.66. The average Bonchev–Trinajstić information content (AvgIpc) is 3.07. The molecule has 3 amide bonds. The Bertz CT molecular complexity index is 878. The molecule has 2 N–H and O–H groups in total. The highest BCUT2D eigenvalue weighted by atomic mass is 32.2. The van der Waals surface area contributed by atoms with Gasteiger partial charge in [-0.15, -0.1) is 11.3 Å². The number of carbonyl (C=O) groups is 2. The largest absolute Gasteiger partial charge is 0.385 e. The first kappa shape index (κ1) is 21.4. The molecular weight excluding hydrogens is 388 g/mol. The van der Waals surface area contributed by atoms with E-state index < -0.39 is 17.2 Å². The van der Waals surface area contributed by atoms with Gasteiger partial charge >= 0.3 is 6.03 Å². The summed E-state index contributed by atoms with van der Waals surface area (Å²) in [5.41, 5.74) is -0.117. The van der Waals surface area contributed by atoms with Crippen LogP contribution in [-0.4, -0.2) is 47.5 Å². The molecule has 0 spiro atoms. The summed E-state index contributed by atoms with van der Waals surface area (Å²) in [5, 5.41) is 5.06. The molecular formula is C17H24N4O4S2. The van der Waals surface area contributed by atoms with Crippen LogP contribution in [0.15, 0.2) is 16.0 Å². The predicted molar refractivity (Wildman–Crippen MR) is 108 cm³/mol. The maximum absolute atomic E-state index is 13.0. The second kappa shape index (κ2) is 9.86. The van der Waals surface area contributed by atoms with Crippen LogP contribution in [0.25, 0.3) is 10.2 Å². The smallest absolute Gasteiger partial charge is 0.321 e. The topological polar surface area (TPSA) is 102 Å². The first-order chi connectivity index (χ1) is 12.9. The van der Waals surface area contributed by atoms with Gasteiger partial charge in [-0.05, 0) is 25.8 Å². The third-order valence-corrected chi connectivity index (χ3v) is 6.12. The summed E-state index contributed by atoms with van der Waals surface area (Å²) in [4.78, 5) is 42.9. The fourth-order valence-corrected chi connectivity index (χ4v) is 4.31. The number of methoxy groups -OCH3 is 1. The van der Waals surface area contributed by atoms with Crippen molar-refractivity contribution in [2.75, 3.05) is 20.8 Å². The van der Waals surface area contributed by atoms with Crippen LogP contribution in [0, 0.1) is 0 Å². The fourth-order valence-electron chi connectivity index (χ4n) is 2.36. The highest BCUT2D eigenvalue weighted by molar-refractivity contribution is 8.00. The number of ether oxygens (including phenoxy) is 1. The van der Waals surface area contributed by atoms with Crippen LogP contribution < -0.4 is 16.2 Å². The number of urea groups is 1. The summed E-state index contributed by atoms with van der Waals surface area (Å²) in [7, 11) is 3.04. The van der Waals surface area contributed by atoms with Crippen molar-refractivity contribution in [3.63, 3.8) is 0 Å². The van der Waals surface area contributed by atoms with Gasteiger partial charge in [-0.1, -0.05) is 18.7 Å². The number of fused-ring (bicyclic) bond motifs is 1. The quantitative estimate of drug-likeness (QED) is 0.391. The van der Waals surface area contributed by atoms with E-state index in [4.69, 9.17) is 4.74 Å². The third kappa shape index (κ3) is 5.30. The maximum atomic E-state index is 13.0. The Kier molecular flexibility index (Phi) is 7.81. The van der Waals surface area contributed by atoms with Crippen molar-refractivity contribution in [3.05, 3.63) is 21.3 Å². The zero-order valence-corrected chi connectivity index (χ0v) is 17.5. The Hall–Kier alpha value is -1.91. The monoisotopic (exact) mass is 412 g/mol. The maximum Gasteiger partial charge on any atom is 0.321 e. The molecule has 27 heavy (non-hydrogen) atoms. The van der Waals surface area contributed by atoms with Gasteiger partial charge in [0.15, 0.2) is 5.16 Å². The standard InChI is InChI=1S/C17H24N4O4S2/c1-5-11-9-12-14(27-11)20-17(21(15(12)23)7-6-8-25-4)26-10(2)13(22)19-16(24)18-3/h9-10H,5-8H2,1-4H3,(H2,18,19,22,24)/t10-/m0/s1. The molecule has 0 aliphatic carbocycles. The molecule has 2 aromatic heterocycles. The summed E-state index contributed by atoms with van der Waals surface area (Å²) in [5.74, 6) is -0.447. The molecule has 0 fully saturated rings. The lowest BCUT2D eigenvalue weighted by molar-refractivity contribution is -0.119. The molecule has 0 aliphatic heterocycles. The second-order valence-corrected chi connectivity index (χ2v) is 8.23. The van der Waals surface area contributed by atoms with Crippen LogP contribution in [0.4, 0.5) is 4.79 Å². The van der Waals surface area contributed by atoms with E-state index in [0.29, 0.717) is 34.9 Å². The van der Waals surface area contributed by atoms with Crippen LogP contribution in [0.1, 0.15) is 25.1 Å². The summed E-state index contributed by atoms with van der Waals surface area (Å²) in [6.07, 6.45) is 1.48. The average molecular weight is 413 g/mol. The van der Waals surface area contributed by atoms with Crippen LogP contribution in [0.5, 0.6) is 0 Å². The number of thiophene rings is 1. The van der Waals surface area contributed by atoms with Gasteiger partial charge in [0.05, 0.1) is 10.6 Å². The van der Waals surface area contributed by atoms with Crippen molar-refractivity contribution in [2.45, 2.75) is 43.6 Å². The highest BCUT2D eigenvalue weighted by Gasteiger charge is 2.21. The Morgan fingerprint density at radius 2 is 2.19 bits per heavy atom. The summed E-state index contributed by atoms with van der Waals surface area (Å²) >= 11 is 2.65. The van der Waals surface area contributed by atoms with Crippen LogP contribution in [0.3, 0.4) is 0 Å². The van der Waals surface area contributed by atoms with Crippen molar-refractivity contribution >= 4 is 45.3 Å². The Balaban J connectivity index is 2.36. The van der Waals surface area contributed by atoms with Crippen LogP contribution >= 0.6 is 23.1 Å². The normalized spacial score (nSPS) is 12.1. The molecule has 1 atom stereocenters. The first-order valence-corrected chi connectivity index (χ1v) is 10.3. The van der Waals surface area contributed by atoms with E-state index in [-0.39, 0.29) is 5.56 Å². The lowest BCUT2D eigenvalue weighted by Gasteiger charge is -2.15. The molecule has 2 aromatic rings. The molecule has 2 heterocycles. The van der Waals surface area contributed by atoms with Crippen LogP contribution in [0.2, 0.25) is 0 Å². The van der Waals surface area contributed by atoms with Gasteiger partial charge in [-0.2, -0.15) is 0 Å². The predicted octanol–water partition coefficient (Wildman–Crippen LogP) is 1.99. The number of hydrogen-bond acceptors (Lipinski definition) is 7. The zero-order valence-electron chi connectivity index (χ0n) is 15.8. The minimum absolute atomic E-state index is 0.117. The number of carbonyl (C=O) groups excluding carboxylic acids is 2. The first-order valence-electron chi connectivity index (χ1n) is 8.62. The molecule has 0 radical (unpaired) electrons. The van der Waals surface area contributed by atoms with Gasteiger partial charge in [0.2, 0.25) is 5.91 Å². The molecule has 0 aliphatic rings. The van der Waals surface area contributed by atoms with E-state index >= 15 is 0 Å². The number of amides is 3. The summed E-state index contributed by atoms with van der Waals surface area (Å²) < 4.78 is 6.66. The minimum Gasteiger partial charge on any atom is -0.385 e. The van der Waals surface area contributed by atoms with E-state index in [1.54, 1.807) is 18.6 Å². The van der Waals surface area contributed by atoms with Crippen molar-refractivity contribution < 1.29 is 14.3 Å². The number of nitrogens with one attached hydrogen (secondary N) is 2. The molecule has 0 aromatic carbocycles. The van der Waals surface area contributed by atoms with Crippen molar-refractivity contribution in [3.8, 4) is 0 Å². The number of thioether (sulfide) groups is 1. The van der Waals surface area contributed by atoms with Gasteiger partial charge in [0, 0.05) is 32.2 Å². The molecule has 0 bridgehead atoms. The Labute approximate surface area is 165 Å². The number of nitrogens with zero attached hydrogens (tertiary/aromatic N) is 2. The van der Waals surface area contributed by atoms with E-state index in [1.807, 2.05) is 13.0 Å². The molecule has 0 saturated carbocycles. The molecule has 148 valence electrons. The Morgan fingerprint density at radius 3 is 2.81 bits per heavy atom. The lowest BCUT2D eigenvalue weighted by Crippen LogP contribution is -2.41. The third-order valence-electron chi connectivity index (χ3n) is 3.86. The fraction of sp³-hybridized carbons (Fsp3) is 0.529. The second-order valence-electron chi connectivity index (χ2n) is 5.81. The molecule has 0 saturated heterocycles. The molecule has 8 nitrogen and oxygen atoms in total. The number of hydrogen-bond donors (Lipinski definition) is 2. The Morgan fingerprint density at radius 1 is 1.44 bits per heavy atom. The number of imide groups is 1. The molecule has 0 unspecified atom stereocenters. The van der Waals surface area contributed by atoms with E-state index in [0.717, 1.165) is 23.1 Å². The van der Waals surface area contributed by atoms with Gasteiger partial charge in [-0.25, -0.2) is 9.78 Å². The van der Waals surface area contributed by atoms with Crippen LogP contribution in [-0.2, 0) is 22.5 Å².